The first-order valence-electron chi connectivity index (χ1n) is 10.3. The zero-order valence-electron chi connectivity index (χ0n) is 17.7. The summed E-state index contributed by atoms with van der Waals surface area (Å²) in [5.74, 6) is 1.34. The van der Waals surface area contributed by atoms with E-state index in [1.54, 1.807) is 18.3 Å². The van der Waals surface area contributed by atoms with Gasteiger partial charge in [-0.15, -0.1) is 0 Å². The van der Waals surface area contributed by atoms with E-state index in [9.17, 15) is 4.39 Å². The molecule has 0 amide bonds. The molecular weight excluding hydrogens is 499 g/mol. The van der Waals surface area contributed by atoms with Crippen LogP contribution in [0.4, 0.5) is 4.39 Å². The quantitative estimate of drug-likeness (QED) is 0.288. The van der Waals surface area contributed by atoms with Gasteiger partial charge < -0.3 is 19.5 Å². The zero-order chi connectivity index (χ0) is 22.8. The molecule has 0 spiro atoms. The summed E-state index contributed by atoms with van der Waals surface area (Å²) < 4.78 is 32.1. The van der Waals surface area contributed by atoms with Crippen LogP contribution in [0.25, 0.3) is 0 Å². The first-order chi connectivity index (χ1) is 15.6. The summed E-state index contributed by atoms with van der Waals surface area (Å²) in [6.07, 6.45) is 2.55. The summed E-state index contributed by atoms with van der Waals surface area (Å²) >= 11 is 9.69. The molecule has 0 aliphatic heterocycles. The Morgan fingerprint density at radius 3 is 2.66 bits per heavy atom. The fraction of sp³-hybridized carbons (Fsp3) is 0.292. The molecule has 0 saturated carbocycles. The van der Waals surface area contributed by atoms with Crippen molar-refractivity contribution in [2.24, 2.45) is 0 Å². The maximum atomic E-state index is 14.0. The summed E-state index contributed by atoms with van der Waals surface area (Å²) in [7, 11) is 0. The maximum absolute atomic E-state index is 14.0. The Bertz CT molecular complexity index is 988. The summed E-state index contributed by atoms with van der Waals surface area (Å²) in [6, 6.07) is 13.9. The molecule has 1 aromatic heterocycles. The lowest BCUT2D eigenvalue weighted by Gasteiger charge is -2.16. The first kappa shape index (κ1) is 24.3. The lowest BCUT2D eigenvalue weighted by Crippen LogP contribution is -2.17. The first-order valence-corrected chi connectivity index (χ1v) is 11.5. The van der Waals surface area contributed by atoms with Crippen molar-refractivity contribution in [2.75, 3.05) is 19.8 Å². The van der Waals surface area contributed by atoms with Gasteiger partial charge in [0.2, 0.25) is 5.88 Å². The van der Waals surface area contributed by atoms with Crippen LogP contribution in [0.15, 0.2) is 59.2 Å². The van der Waals surface area contributed by atoms with Gasteiger partial charge in [0.05, 0.1) is 18.2 Å². The van der Waals surface area contributed by atoms with Crippen molar-refractivity contribution in [2.45, 2.75) is 26.5 Å². The number of rotatable bonds is 12. The summed E-state index contributed by atoms with van der Waals surface area (Å²) in [5, 5.41) is 3.73. The molecule has 0 bridgehead atoms. The van der Waals surface area contributed by atoms with Gasteiger partial charge in [-0.25, -0.2) is 9.37 Å². The van der Waals surface area contributed by atoms with Crippen LogP contribution in [-0.4, -0.2) is 24.7 Å². The lowest BCUT2D eigenvalue weighted by atomic mass is 10.2. The molecule has 5 nitrogen and oxygen atoms in total. The Hall–Kier alpha value is -2.35. The highest BCUT2D eigenvalue weighted by atomic mass is 79.9. The molecule has 3 aromatic rings. The molecule has 1 heterocycles. The fourth-order valence-electron chi connectivity index (χ4n) is 2.94. The van der Waals surface area contributed by atoms with Crippen LogP contribution >= 0.6 is 27.5 Å². The van der Waals surface area contributed by atoms with Gasteiger partial charge in [-0.1, -0.05) is 39.7 Å². The molecule has 3 rings (SSSR count). The van der Waals surface area contributed by atoms with Gasteiger partial charge in [-0.3, -0.25) is 0 Å². The van der Waals surface area contributed by atoms with Crippen LogP contribution in [0.5, 0.6) is 17.4 Å². The molecule has 1 N–H and O–H groups in total. The molecule has 0 radical (unpaired) electrons. The smallest absolute Gasteiger partial charge is 0.213 e. The normalized spacial score (nSPS) is 10.8. The number of hydrogen-bond donors (Lipinski definition) is 1. The highest BCUT2D eigenvalue weighted by molar-refractivity contribution is 9.10. The minimum atomic E-state index is -0.401. The molecule has 0 atom stereocenters. The van der Waals surface area contributed by atoms with Crippen molar-refractivity contribution in [1.29, 1.82) is 0 Å². The zero-order valence-corrected chi connectivity index (χ0v) is 20.1. The Morgan fingerprint density at radius 1 is 1.06 bits per heavy atom. The Balaban J connectivity index is 1.55. The van der Waals surface area contributed by atoms with Gasteiger partial charge in [-0.05, 0) is 55.8 Å². The Labute approximate surface area is 201 Å². The van der Waals surface area contributed by atoms with Crippen LogP contribution in [-0.2, 0) is 13.2 Å². The third-order valence-corrected chi connectivity index (χ3v) is 5.64. The highest BCUT2D eigenvalue weighted by Crippen LogP contribution is 2.35. The second-order valence-corrected chi connectivity index (χ2v) is 8.12. The topological polar surface area (TPSA) is 52.6 Å². The van der Waals surface area contributed by atoms with E-state index in [0.29, 0.717) is 47.7 Å². The Morgan fingerprint density at radius 2 is 1.91 bits per heavy atom. The summed E-state index contributed by atoms with van der Waals surface area (Å²) in [5.41, 5.74) is 1.33. The number of pyridine rings is 1. The third-order valence-electron chi connectivity index (χ3n) is 4.55. The van der Waals surface area contributed by atoms with Crippen LogP contribution < -0.4 is 19.5 Å². The molecule has 32 heavy (non-hydrogen) atoms. The lowest BCUT2D eigenvalue weighted by molar-refractivity contribution is 0.265. The average molecular weight is 524 g/mol. The molecule has 0 aliphatic carbocycles. The minimum Gasteiger partial charge on any atom is -0.490 e. The molecule has 0 saturated heterocycles. The second-order valence-electron chi connectivity index (χ2n) is 6.86. The number of aromatic nitrogens is 1. The van der Waals surface area contributed by atoms with E-state index in [2.05, 4.69) is 26.2 Å². The van der Waals surface area contributed by atoms with Crippen molar-refractivity contribution in [3.8, 4) is 17.4 Å². The molecular formula is C24H25BrClFN2O3. The second kappa shape index (κ2) is 12.6. The van der Waals surface area contributed by atoms with E-state index >= 15 is 0 Å². The summed E-state index contributed by atoms with van der Waals surface area (Å²) in [4.78, 5) is 4.13. The van der Waals surface area contributed by atoms with Gasteiger partial charge in [0.25, 0.3) is 0 Å². The van der Waals surface area contributed by atoms with Crippen molar-refractivity contribution < 1.29 is 18.6 Å². The molecule has 2 aromatic carbocycles. The number of halogens is 3. The molecule has 170 valence electrons. The number of ether oxygens (including phenoxy) is 3. The number of benzene rings is 2. The fourth-order valence-corrected chi connectivity index (χ4v) is 3.62. The monoisotopic (exact) mass is 522 g/mol. The van der Waals surface area contributed by atoms with E-state index in [1.165, 1.54) is 6.07 Å². The molecule has 0 aliphatic rings. The van der Waals surface area contributed by atoms with Crippen LogP contribution in [0.3, 0.4) is 0 Å². The summed E-state index contributed by atoms with van der Waals surface area (Å²) in [6.45, 7) is 4.40. The van der Waals surface area contributed by atoms with E-state index < -0.39 is 5.82 Å². The average Bonchev–Trinajstić information content (AvgIpc) is 2.79. The van der Waals surface area contributed by atoms with Crippen LogP contribution in [0, 0.1) is 5.82 Å². The predicted octanol–water partition coefficient (Wildman–Crippen LogP) is 6.17. The van der Waals surface area contributed by atoms with Gasteiger partial charge in [-0.2, -0.15) is 0 Å². The third kappa shape index (κ3) is 7.08. The minimum absolute atomic E-state index is 0.00584. The Kier molecular flexibility index (Phi) is 9.59. The largest absolute Gasteiger partial charge is 0.490 e. The van der Waals surface area contributed by atoms with Crippen molar-refractivity contribution in [3.63, 3.8) is 0 Å². The van der Waals surface area contributed by atoms with Gasteiger partial charge in [0.15, 0.2) is 11.5 Å². The van der Waals surface area contributed by atoms with Gasteiger partial charge >= 0.3 is 0 Å². The highest BCUT2D eigenvalue weighted by Gasteiger charge is 2.13. The van der Waals surface area contributed by atoms with Crippen molar-refractivity contribution in [3.05, 3.63) is 81.2 Å². The SMILES string of the molecule is CCOc1cc(CNCCCOc2ccccn2)c(Br)cc1OCc1c(F)cccc1Cl. The molecule has 0 fully saturated rings. The standard InChI is InChI=1S/C24H25BrClFN2O3/c1-2-30-22-13-17(15-28-10-6-12-31-24-9-3-4-11-29-24)19(25)14-23(22)32-16-18-20(26)7-5-8-21(18)27/h3-5,7-9,11,13-14,28H,2,6,10,12,15-16H2,1H3. The van der Waals surface area contributed by atoms with Crippen LogP contribution in [0.1, 0.15) is 24.5 Å². The number of nitrogens with one attached hydrogen (secondary N) is 1. The van der Waals surface area contributed by atoms with Crippen molar-refractivity contribution in [1.82, 2.24) is 10.3 Å². The molecule has 0 unspecified atom stereocenters. The van der Waals surface area contributed by atoms with E-state index in [-0.39, 0.29) is 6.61 Å². The number of hydrogen-bond acceptors (Lipinski definition) is 5. The maximum Gasteiger partial charge on any atom is 0.213 e. The van der Waals surface area contributed by atoms with E-state index in [4.69, 9.17) is 25.8 Å². The predicted molar refractivity (Wildman–Crippen MR) is 127 cm³/mol. The van der Waals surface area contributed by atoms with E-state index in [1.807, 2.05) is 37.3 Å². The van der Waals surface area contributed by atoms with E-state index in [0.717, 1.165) is 23.0 Å². The van der Waals surface area contributed by atoms with Gasteiger partial charge in [0, 0.05) is 28.8 Å². The molecule has 8 heteroatoms. The van der Waals surface area contributed by atoms with Crippen LogP contribution in [0.2, 0.25) is 5.02 Å². The number of nitrogens with zero attached hydrogens (tertiary/aromatic N) is 1. The van der Waals surface area contributed by atoms with Crippen molar-refractivity contribution >= 4 is 27.5 Å². The van der Waals surface area contributed by atoms with Gasteiger partial charge in [0.1, 0.15) is 12.4 Å².